The standard InChI is InChI=1S/C22H20N4O2.C2H6/c27-14-13-26-15-21(17-8-11-23-12-9-17)22(25-26)18-4-6-20(7-5-18)28-16-19-3-1-2-10-24-19;1-2/h1-12,15,27H,13-14,16H2;1-2H3. The SMILES string of the molecule is CC.OCCn1cc(-c2ccncc2)c(-c2ccc(OCc3ccccn3)cc2)n1. The molecule has 6 nitrogen and oxygen atoms in total. The van der Waals surface area contributed by atoms with Gasteiger partial charge in [-0.1, -0.05) is 19.9 Å². The number of pyridine rings is 2. The first kappa shape index (κ1) is 21.2. The predicted molar refractivity (Wildman–Crippen MR) is 118 cm³/mol. The van der Waals surface area contributed by atoms with E-state index in [0.717, 1.165) is 33.8 Å². The van der Waals surface area contributed by atoms with Gasteiger partial charge in [0.05, 0.1) is 18.8 Å². The van der Waals surface area contributed by atoms with Gasteiger partial charge in [-0.25, -0.2) is 0 Å². The van der Waals surface area contributed by atoms with Gasteiger partial charge in [-0.2, -0.15) is 5.10 Å². The molecular weight excluding hydrogens is 376 g/mol. The average molecular weight is 402 g/mol. The van der Waals surface area contributed by atoms with Crippen molar-refractivity contribution < 1.29 is 9.84 Å². The van der Waals surface area contributed by atoms with E-state index in [4.69, 9.17) is 4.74 Å². The lowest BCUT2D eigenvalue weighted by atomic mass is 10.0. The molecule has 4 rings (SSSR count). The predicted octanol–water partition coefficient (Wildman–Crippen LogP) is 4.60. The van der Waals surface area contributed by atoms with Crippen LogP contribution in [-0.2, 0) is 13.2 Å². The minimum atomic E-state index is 0.0389. The highest BCUT2D eigenvalue weighted by atomic mass is 16.5. The zero-order valence-electron chi connectivity index (χ0n) is 17.3. The highest BCUT2D eigenvalue weighted by Crippen LogP contribution is 2.31. The summed E-state index contributed by atoms with van der Waals surface area (Å²) >= 11 is 0. The zero-order chi connectivity index (χ0) is 21.2. The maximum absolute atomic E-state index is 9.26. The molecule has 0 aliphatic heterocycles. The normalized spacial score (nSPS) is 10.2. The van der Waals surface area contributed by atoms with Crippen molar-refractivity contribution in [3.05, 3.63) is 85.1 Å². The molecule has 0 amide bonds. The monoisotopic (exact) mass is 402 g/mol. The number of aliphatic hydroxyl groups is 1. The van der Waals surface area contributed by atoms with Crippen molar-refractivity contribution in [3.8, 4) is 28.1 Å². The van der Waals surface area contributed by atoms with Gasteiger partial charge in [-0.05, 0) is 54.1 Å². The minimum absolute atomic E-state index is 0.0389. The van der Waals surface area contributed by atoms with Gasteiger partial charge in [0.2, 0.25) is 0 Å². The first-order chi connectivity index (χ1) is 14.8. The second-order valence-corrected chi connectivity index (χ2v) is 6.25. The fraction of sp³-hybridized carbons (Fsp3) is 0.208. The Labute approximate surface area is 176 Å². The molecule has 0 fully saturated rings. The van der Waals surface area contributed by atoms with Crippen molar-refractivity contribution >= 4 is 0 Å². The lowest BCUT2D eigenvalue weighted by molar-refractivity contribution is 0.269. The maximum Gasteiger partial charge on any atom is 0.130 e. The van der Waals surface area contributed by atoms with Gasteiger partial charge in [0, 0.05) is 35.9 Å². The molecule has 0 unspecified atom stereocenters. The third-order valence-electron chi connectivity index (χ3n) is 4.32. The molecule has 0 radical (unpaired) electrons. The van der Waals surface area contributed by atoms with E-state index < -0.39 is 0 Å². The first-order valence-corrected chi connectivity index (χ1v) is 10.1. The van der Waals surface area contributed by atoms with E-state index in [1.165, 1.54) is 0 Å². The van der Waals surface area contributed by atoms with Crippen molar-refractivity contribution in [2.24, 2.45) is 0 Å². The highest BCUT2D eigenvalue weighted by Gasteiger charge is 2.13. The number of aromatic nitrogens is 4. The van der Waals surface area contributed by atoms with E-state index in [1.54, 1.807) is 23.3 Å². The summed E-state index contributed by atoms with van der Waals surface area (Å²) in [5.74, 6) is 0.773. The Hall–Kier alpha value is -3.51. The van der Waals surface area contributed by atoms with E-state index in [9.17, 15) is 5.11 Å². The lowest BCUT2D eigenvalue weighted by Crippen LogP contribution is -2.02. The molecule has 0 bridgehead atoms. The van der Waals surface area contributed by atoms with Crippen LogP contribution in [-0.4, -0.2) is 31.5 Å². The van der Waals surface area contributed by atoms with Crippen LogP contribution < -0.4 is 4.74 Å². The van der Waals surface area contributed by atoms with E-state index in [1.807, 2.05) is 74.6 Å². The Bertz CT molecular complexity index is 1020. The summed E-state index contributed by atoms with van der Waals surface area (Å²) in [6.45, 7) is 4.91. The van der Waals surface area contributed by atoms with Crippen molar-refractivity contribution in [1.82, 2.24) is 19.7 Å². The summed E-state index contributed by atoms with van der Waals surface area (Å²) in [6.07, 6.45) is 7.23. The third kappa shape index (κ3) is 5.30. The Morgan fingerprint density at radius 3 is 2.33 bits per heavy atom. The first-order valence-electron chi connectivity index (χ1n) is 10.1. The van der Waals surface area contributed by atoms with E-state index >= 15 is 0 Å². The molecule has 0 aliphatic rings. The molecule has 0 spiro atoms. The summed E-state index contributed by atoms with van der Waals surface area (Å²) < 4.78 is 7.57. The van der Waals surface area contributed by atoms with Crippen LogP contribution in [0.3, 0.4) is 0 Å². The molecule has 0 aliphatic carbocycles. The molecule has 4 aromatic rings. The largest absolute Gasteiger partial charge is 0.487 e. The number of ether oxygens (including phenoxy) is 1. The van der Waals surface area contributed by atoms with E-state index in [0.29, 0.717) is 13.2 Å². The molecule has 3 aromatic heterocycles. The average Bonchev–Trinajstić information content (AvgIpc) is 3.25. The van der Waals surface area contributed by atoms with Crippen LogP contribution in [0.4, 0.5) is 0 Å². The lowest BCUT2D eigenvalue weighted by Gasteiger charge is -2.07. The molecule has 3 heterocycles. The minimum Gasteiger partial charge on any atom is -0.487 e. The fourth-order valence-electron chi connectivity index (χ4n) is 2.94. The second-order valence-electron chi connectivity index (χ2n) is 6.25. The highest BCUT2D eigenvalue weighted by molar-refractivity contribution is 5.80. The summed E-state index contributed by atoms with van der Waals surface area (Å²) in [7, 11) is 0. The zero-order valence-corrected chi connectivity index (χ0v) is 17.3. The number of hydrogen-bond donors (Lipinski definition) is 1. The molecule has 0 saturated heterocycles. The van der Waals surface area contributed by atoms with Crippen LogP contribution in [0.25, 0.3) is 22.4 Å². The van der Waals surface area contributed by atoms with Gasteiger partial charge >= 0.3 is 0 Å². The van der Waals surface area contributed by atoms with Crippen LogP contribution in [0, 0.1) is 0 Å². The van der Waals surface area contributed by atoms with Crippen molar-refractivity contribution in [1.29, 1.82) is 0 Å². The number of benzene rings is 1. The quantitative estimate of drug-likeness (QED) is 0.489. The van der Waals surface area contributed by atoms with Gasteiger partial charge in [0.25, 0.3) is 0 Å². The smallest absolute Gasteiger partial charge is 0.130 e. The van der Waals surface area contributed by atoms with Gasteiger partial charge in [-0.3, -0.25) is 14.6 Å². The van der Waals surface area contributed by atoms with Crippen LogP contribution in [0.5, 0.6) is 5.75 Å². The summed E-state index contributed by atoms with van der Waals surface area (Å²) in [4.78, 5) is 8.35. The van der Waals surface area contributed by atoms with E-state index in [2.05, 4.69) is 15.1 Å². The number of rotatable bonds is 7. The van der Waals surface area contributed by atoms with Crippen LogP contribution in [0.2, 0.25) is 0 Å². The van der Waals surface area contributed by atoms with E-state index in [-0.39, 0.29) is 6.61 Å². The Morgan fingerprint density at radius 2 is 1.67 bits per heavy atom. The Balaban J connectivity index is 0.00000124. The molecular formula is C24H26N4O2. The number of aliphatic hydroxyl groups excluding tert-OH is 1. The summed E-state index contributed by atoms with van der Waals surface area (Å²) in [6, 6.07) is 17.5. The molecule has 30 heavy (non-hydrogen) atoms. The number of nitrogens with zero attached hydrogens (tertiary/aromatic N) is 4. The number of hydrogen-bond acceptors (Lipinski definition) is 5. The second kappa shape index (κ2) is 10.9. The topological polar surface area (TPSA) is 73.1 Å². The van der Waals surface area contributed by atoms with Gasteiger partial charge in [0.15, 0.2) is 0 Å². The van der Waals surface area contributed by atoms with Crippen LogP contribution in [0.15, 0.2) is 79.4 Å². The molecule has 6 heteroatoms. The van der Waals surface area contributed by atoms with Crippen molar-refractivity contribution in [3.63, 3.8) is 0 Å². The van der Waals surface area contributed by atoms with Crippen molar-refractivity contribution in [2.75, 3.05) is 6.61 Å². The third-order valence-corrected chi connectivity index (χ3v) is 4.32. The van der Waals surface area contributed by atoms with Crippen LogP contribution in [0.1, 0.15) is 19.5 Å². The maximum atomic E-state index is 9.26. The van der Waals surface area contributed by atoms with Gasteiger partial charge < -0.3 is 9.84 Å². The molecule has 1 N–H and O–H groups in total. The van der Waals surface area contributed by atoms with Gasteiger partial charge in [0.1, 0.15) is 18.1 Å². The Morgan fingerprint density at radius 1 is 0.900 bits per heavy atom. The van der Waals surface area contributed by atoms with Crippen LogP contribution >= 0.6 is 0 Å². The Kier molecular flexibility index (Phi) is 7.69. The fourth-order valence-corrected chi connectivity index (χ4v) is 2.94. The summed E-state index contributed by atoms with van der Waals surface area (Å²) in [5, 5.41) is 13.9. The molecule has 154 valence electrons. The summed E-state index contributed by atoms with van der Waals surface area (Å²) in [5.41, 5.74) is 4.75. The van der Waals surface area contributed by atoms with Gasteiger partial charge in [-0.15, -0.1) is 0 Å². The molecule has 1 aromatic carbocycles. The van der Waals surface area contributed by atoms with Crippen molar-refractivity contribution in [2.45, 2.75) is 27.0 Å². The molecule has 0 saturated carbocycles. The molecule has 0 atom stereocenters.